The first-order valence-corrected chi connectivity index (χ1v) is 15.6. The van der Waals surface area contributed by atoms with Gasteiger partial charge in [-0.05, 0) is 92.7 Å². The van der Waals surface area contributed by atoms with E-state index in [1.807, 2.05) is 36.5 Å². The molecule has 4 aromatic carbocycles. The molecular weight excluding hydrogens is 544 g/mol. The molecule has 0 bridgehead atoms. The maximum absolute atomic E-state index is 12.5. The minimum Gasteiger partial charge on any atom is -0.390 e. The highest BCUT2D eigenvalue weighted by molar-refractivity contribution is 6.16. The van der Waals surface area contributed by atoms with E-state index in [2.05, 4.69) is 77.2 Å². The predicted molar refractivity (Wildman–Crippen MR) is 179 cm³/mol. The second kappa shape index (κ2) is 11.5. The maximum Gasteiger partial charge on any atom is 0.248 e. The van der Waals surface area contributed by atoms with E-state index < -0.39 is 11.5 Å². The van der Waals surface area contributed by atoms with Crippen molar-refractivity contribution >= 4 is 38.6 Å². The van der Waals surface area contributed by atoms with Gasteiger partial charge in [0, 0.05) is 52.3 Å². The van der Waals surface area contributed by atoms with Gasteiger partial charge in [-0.1, -0.05) is 55.0 Å². The average molecular weight is 583 g/mol. The van der Waals surface area contributed by atoms with Crippen molar-refractivity contribution in [1.29, 1.82) is 0 Å². The number of amides is 1. The van der Waals surface area contributed by atoms with Gasteiger partial charge in [-0.2, -0.15) is 0 Å². The summed E-state index contributed by atoms with van der Waals surface area (Å²) in [6, 6.07) is 31.3. The fourth-order valence-electron chi connectivity index (χ4n) is 6.98. The Balaban J connectivity index is 1.27. The first-order chi connectivity index (χ1) is 21.4. The zero-order valence-corrected chi connectivity index (χ0v) is 25.2. The summed E-state index contributed by atoms with van der Waals surface area (Å²) in [4.78, 5) is 19.5. The molecule has 7 rings (SSSR count). The van der Waals surface area contributed by atoms with Gasteiger partial charge in [-0.25, -0.2) is 0 Å². The standard InChI is InChI=1S/C38H38N4O2/c1-41-21-19-38(44,20-22-41)18-7-6-9-26-24-29(16-17-31(26)37(39)43)42-34-14-5-3-11-32(34)36-30(12-8-15-35(36)42)28-23-27-10-2-4-13-33(27)40-25-28/h2-5,8,10-17,23-25,44H,6-7,9,18-22H2,1H3,(H2,39,43). The molecular formula is C38H38N4O2. The van der Waals surface area contributed by atoms with Gasteiger partial charge in [0.25, 0.3) is 0 Å². The SMILES string of the molecule is CN1CCC(O)(CCCCc2cc(-n3c4ccccc4c4c(-c5cnc6ccccc6c5)cccc43)ccc2C(N)=O)CC1. The van der Waals surface area contributed by atoms with Crippen LogP contribution in [0.1, 0.15) is 48.0 Å². The number of aryl methyl sites for hydroxylation is 1. The third kappa shape index (κ3) is 5.25. The Bertz CT molecular complexity index is 2000. The number of primary amides is 1. The Morgan fingerprint density at radius 1 is 0.909 bits per heavy atom. The van der Waals surface area contributed by atoms with Crippen molar-refractivity contribution in [1.82, 2.24) is 14.5 Å². The number of nitrogens with two attached hydrogens (primary N) is 1. The van der Waals surface area contributed by atoms with E-state index in [0.717, 1.165) is 101 Å². The summed E-state index contributed by atoms with van der Waals surface area (Å²) in [5.41, 5.74) is 13.2. The van der Waals surface area contributed by atoms with E-state index in [9.17, 15) is 9.90 Å². The molecule has 2 aromatic heterocycles. The van der Waals surface area contributed by atoms with Gasteiger partial charge < -0.3 is 20.3 Å². The first kappa shape index (κ1) is 28.3. The van der Waals surface area contributed by atoms with E-state index in [1.54, 1.807) is 0 Å². The lowest BCUT2D eigenvalue weighted by Gasteiger charge is -2.36. The lowest BCUT2D eigenvalue weighted by molar-refractivity contribution is -0.0240. The van der Waals surface area contributed by atoms with Crippen molar-refractivity contribution in [2.75, 3.05) is 20.1 Å². The molecule has 44 heavy (non-hydrogen) atoms. The number of hydrogen-bond donors (Lipinski definition) is 2. The molecule has 1 aliphatic heterocycles. The predicted octanol–water partition coefficient (Wildman–Crippen LogP) is 7.27. The minimum atomic E-state index is -0.581. The Morgan fingerprint density at radius 2 is 1.68 bits per heavy atom. The number of carbonyl (C=O) groups is 1. The normalized spacial score (nSPS) is 15.3. The van der Waals surface area contributed by atoms with E-state index >= 15 is 0 Å². The molecule has 0 saturated carbocycles. The summed E-state index contributed by atoms with van der Waals surface area (Å²) in [7, 11) is 2.11. The molecule has 6 heteroatoms. The number of pyridine rings is 1. The van der Waals surface area contributed by atoms with Crippen molar-refractivity contribution < 1.29 is 9.90 Å². The van der Waals surface area contributed by atoms with Gasteiger partial charge >= 0.3 is 0 Å². The number of piperidine rings is 1. The fourth-order valence-corrected chi connectivity index (χ4v) is 6.98. The summed E-state index contributed by atoms with van der Waals surface area (Å²) in [5, 5.41) is 14.5. The van der Waals surface area contributed by atoms with Gasteiger partial charge in [-0.15, -0.1) is 0 Å². The number of nitrogens with zero attached hydrogens (tertiary/aromatic N) is 3. The van der Waals surface area contributed by atoms with Crippen LogP contribution >= 0.6 is 0 Å². The molecule has 1 amide bonds. The van der Waals surface area contributed by atoms with E-state index in [4.69, 9.17) is 10.7 Å². The van der Waals surface area contributed by atoms with Gasteiger partial charge in [0.15, 0.2) is 0 Å². The minimum absolute atomic E-state index is 0.409. The van der Waals surface area contributed by atoms with Gasteiger partial charge in [0.1, 0.15) is 0 Å². The van der Waals surface area contributed by atoms with Crippen LogP contribution in [0.4, 0.5) is 0 Å². The van der Waals surface area contributed by atoms with E-state index in [-0.39, 0.29) is 0 Å². The highest BCUT2D eigenvalue weighted by atomic mass is 16.3. The highest BCUT2D eigenvalue weighted by Crippen LogP contribution is 2.39. The summed E-state index contributed by atoms with van der Waals surface area (Å²) < 4.78 is 2.29. The van der Waals surface area contributed by atoms with Gasteiger partial charge in [0.2, 0.25) is 5.91 Å². The Labute approximate surface area is 257 Å². The Kier molecular flexibility index (Phi) is 7.40. The molecule has 0 atom stereocenters. The Morgan fingerprint density at radius 3 is 2.52 bits per heavy atom. The van der Waals surface area contributed by atoms with E-state index in [0.29, 0.717) is 5.56 Å². The molecule has 0 unspecified atom stereocenters. The molecule has 3 N–H and O–H groups in total. The van der Waals surface area contributed by atoms with Crippen LogP contribution in [-0.2, 0) is 6.42 Å². The molecule has 6 nitrogen and oxygen atoms in total. The number of para-hydroxylation sites is 2. The monoisotopic (exact) mass is 582 g/mol. The molecule has 222 valence electrons. The average Bonchev–Trinajstić information content (AvgIpc) is 3.39. The number of carbonyl (C=O) groups excluding carboxylic acids is 1. The van der Waals surface area contributed by atoms with Gasteiger partial charge in [0.05, 0.1) is 22.2 Å². The van der Waals surface area contributed by atoms with Crippen molar-refractivity contribution in [3.8, 4) is 16.8 Å². The van der Waals surface area contributed by atoms with E-state index in [1.165, 1.54) is 5.39 Å². The number of likely N-dealkylation sites (tertiary alicyclic amines) is 1. The van der Waals surface area contributed by atoms with Crippen molar-refractivity contribution in [3.05, 3.63) is 108 Å². The zero-order valence-electron chi connectivity index (χ0n) is 25.2. The van der Waals surface area contributed by atoms with Crippen molar-refractivity contribution in [2.24, 2.45) is 5.73 Å². The maximum atomic E-state index is 12.5. The molecule has 0 spiro atoms. The van der Waals surface area contributed by atoms with Crippen LogP contribution < -0.4 is 5.73 Å². The number of hydrogen-bond acceptors (Lipinski definition) is 4. The van der Waals surface area contributed by atoms with Gasteiger partial charge in [-0.3, -0.25) is 9.78 Å². The number of benzene rings is 4. The van der Waals surface area contributed by atoms with Crippen LogP contribution in [0.15, 0.2) is 97.2 Å². The quantitative estimate of drug-likeness (QED) is 0.185. The lowest BCUT2D eigenvalue weighted by atomic mass is 9.86. The topological polar surface area (TPSA) is 84.4 Å². The van der Waals surface area contributed by atoms with Crippen LogP contribution in [0.2, 0.25) is 0 Å². The van der Waals surface area contributed by atoms with Crippen LogP contribution in [0.25, 0.3) is 49.5 Å². The number of aromatic nitrogens is 2. The number of aliphatic hydroxyl groups is 1. The third-order valence-electron chi connectivity index (χ3n) is 9.47. The van der Waals surface area contributed by atoms with Crippen LogP contribution in [0.5, 0.6) is 0 Å². The molecule has 1 saturated heterocycles. The highest BCUT2D eigenvalue weighted by Gasteiger charge is 2.30. The third-order valence-corrected chi connectivity index (χ3v) is 9.47. The zero-order chi connectivity index (χ0) is 30.3. The molecule has 1 aliphatic rings. The first-order valence-electron chi connectivity index (χ1n) is 15.6. The summed E-state index contributed by atoms with van der Waals surface area (Å²) in [6.07, 6.45) is 6.90. The molecule has 1 fully saturated rings. The molecule has 3 heterocycles. The summed E-state index contributed by atoms with van der Waals surface area (Å²) in [5.74, 6) is -0.409. The smallest absolute Gasteiger partial charge is 0.248 e. The fraction of sp³-hybridized carbons (Fsp3) is 0.263. The molecule has 0 radical (unpaired) electrons. The summed E-state index contributed by atoms with van der Waals surface area (Å²) in [6.45, 7) is 1.87. The summed E-state index contributed by atoms with van der Waals surface area (Å²) >= 11 is 0. The number of unbranched alkanes of at least 4 members (excludes halogenated alkanes) is 1. The second-order valence-corrected chi connectivity index (χ2v) is 12.4. The van der Waals surface area contributed by atoms with Crippen LogP contribution in [-0.4, -0.2) is 51.2 Å². The second-order valence-electron chi connectivity index (χ2n) is 12.4. The lowest BCUT2D eigenvalue weighted by Crippen LogP contribution is -2.42. The molecule has 6 aromatic rings. The number of rotatable bonds is 8. The largest absolute Gasteiger partial charge is 0.390 e. The van der Waals surface area contributed by atoms with Crippen molar-refractivity contribution in [2.45, 2.75) is 44.1 Å². The molecule has 0 aliphatic carbocycles. The van der Waals surface area contributed by atoms with Crippen LogP contribution in [0, 0.1) is 0 Å². The number of fused-ring (bicyclic) bond motifs is 4. The van der Waals surface area contributed by atoms with Crippen molar-refractivity contribution in [3.63, 3.8) is 0 Å². The van der Waals surface area contributed by atoms with Crippen LogP contribution in [0.3, 0.4) is 0 Å². The Hall–Kier alpha value is -4.52.